The van der Waals surface area contributed by atoms with Crippen molar-refractivity contribution in [2.24, 2.45) is 5.73 Å². The van der Waals surface area contributed by atoms with E-state index in [-0.39, 0.29) is 6.04 Å². The first-order valence-corrected chi connectivity index (χ1v) is 7.18. The number of thioether (sulfide) groups is 1. The molecule has 0 fully saturated rings. The van der Waals surface area contributed by atoms with Crippen LogP contribution in [0.2, 0.25) is 0 Å². The Hall–Kier alpha value is -1.53. The molecular formula is C13H18N4OS. The van der Waals surface area contributed by atoms with E-state index in [2.05, 4.69) is 21.2 Å². The second-order valence-electron chi connectivity index (χ2n) is 4.17. The molecule has 0 aliphatic rings. The lowest BCUT2D eigenvalue weighted by atomic mass is 10.1. The highest BCUT2D eigenvalue weighted by molar-refractivity contribution is 7.98. The van der Waals surface area contributed by atoms with Gasteiger partial charge in [-0.25, -0.2) is 4.98 Å². The molecule has 0 saturated carbocycles. The zero-order valence-electron chi connectivity index (χ0n) is 11.1. The number of aromatic amines is 1. The van der Waals surface area contributed by atoms with Gasteiger partial charge in [0.05, 0.1) is 6.61 Å². The quantitative estimate of drug-likeness (QED) is 0.794. The summed E-state index contributed by atoms with van der Waals surface area (Å²) in [5.41, 5.74) is 8.15. The van der Waals surface area contributed by atoms with Crippen LogP contribution in [0.4, 0.5) is 0 Å². The number of aromatic nitrogens is 3. The largest absolute Gasteiger partial charge is 0.494 e. The summed E-state index contributed by atoms with van der Waals surface area (Å²) in [7, 11) is 0. The lowest BCUT2D eigenvalue weighted by molar-refractivity contribution is 0.337. The van der Waals surface area contributed by atoms with Crippen LogP contribution in [0.3, 0.4) is 0 Å². The first-order valence-electron chi connectivity index (χ1n) is 6.20. The molecule has 0 aliphatic heterocycles. The lowest BCUT2D eigenvalue weighted by Gasteiger charge is -2.13. The number of hydrogen-bond donors (Lipinski definition) is 2. The van der Waals surface area contributed by atoms with Gasteiger partial charge in [0.15, 0.2) is 5.16 Å². The molecule has 0 saturated heterocycles. The van der Waals surface area contributed by atoms with Crippen molar-refractivity contribution >= 4 is 11.8 Å². The average molecular weight is 278 g/mol. The van der Waals surface area contributed by atoms with E-state index in [1.165, 1.54) is 6.33 Å². The van der Waals surface area contributed by atoms with Crippen molar-refractivity contribution in [1.82, 2.24) is 15.2 Å². The van der Waals surface area contributed by atoms with Crippen molar-refractivity contribution in [1.29, 1.82) is 0 Å². The molecule has 0 aliphatic carbocycles. The Morgan fingerprint density at radius 1 is 1.47 bits per heavy atom. The van der Waals surface area contributed by atoms with E-state index in [1.807, 2.05) is 26.0 Å². The third-order valence-corrected chi connectivity index (χ3v) is 3.59. The molecule has 1 atom stereocenters. The third kappa shape index (κ3) is 3.71. The Morgan fingerprint density at radius 2 is 2.32 bits per heavy atom. The summed E-state index contributed by atoms with van der Waals surface area (Å²) in [6.07, 6.45) is 1.50. The fourth-order valence-electron chi connectivity index (χ4n) is 1.70. The number of H-pyrrole nitrogens is 1. The molecule has 1 aromatic heterocycles. The van der Waals surface area contributed by atoms with Gasteiger partial charge in [-0.1, -0.05) is 17.8 Å². The number of nitrogens with two attached hydrogens (primary N) is 1. The second kappa shape index (κ2) is 6.58. The molecule has 0 amide bonds. The molecule has 2 rings (SSSR count). The van der Waals surface area contributed by atoms with E-state index in [0.717, 1.165) is 27.8 Å². The van der Waals surface area contributed by atoms with Gasteiger partial charge in [0.2, 0.25) is 0 Å². The summed E-state index contributed by atoms with van der Waals surface area (Å²) in [5.74, 6) is 1.67. The van der Waals surface area contributed by atoms with Crippen molar-refractivity contribution in [2.45, 2.75) is 30.8 Å². The van der Waals surface area contributed by atoms with Gasteiger partial charge < -0.3 is 10.5 Å². The highest BCUT2D eigenvalue weighted by atomic mass is 32.2. The molecule has 6 heteroatoms. The Morgan fingerprint density at radius 3 is 2.95 bits per heavy atom. The van der Waals surface area contributed by atoms with Gasteiger partial charge in [-0.05, 0) is 31.5 Å². The van der Waals surface area contributed by atoms with Crippen LogP contribution in [-0.4, -0.2) is 21.8 Å². The molecule has 0 radical (unpaired) electrons. The van der Waals surface area contributed by atoms with Crippen LogP contribution in [0.15, 0.2) is 29.7 Å². The number of nitrogens with zero attached hydrogens (tertiary/aromatic N) is 2. The van der Waals surface area contributed by atoms with Gasteiger partial charge in [-0.3, -0.25) is 5.10 Å². The smallest absolute Gasteiger partial charge is 0.183 e. The Labute approximate surface area is 117 Å². The van der Waals surface area contributed by atoms with Gasteiger partial charge in [0.1, 0.15) is 12.1 Å². The van der Waals surface area contributed by atoms with Crippen molar-refractivity contribution in [3.63, 3.8) is 0 Å². The first-order chi connectivity index (χ1) is 9.20. The van der Waals surface area contributed by atoms with E-state index in [0.29, 0.717) is 6.61 Å². The maximum absolute atomic E-state index is 5.92. The fourth-order valence-corrected chi connectivity index (χ4v) is 2.46. The maximum Gasteiger partial charge on any atom is 0.183 e. The molecule has 3 N–H and O–H groups in total. The van der Waals surface area contributed by atoms with Crippen LogP contribution in [-0.2, 0) is 5.75 Å². The number of benzene rings is 1. The minimum atomic E-state index is 0.0182. The summed E-state index contributed by atoms with van der Waals surface area (Å²) >= 11 is 1.59. The summed E-state index contributed by atoms with van der Waals surface area (Å²) < 4.78 is 5.64. The van der Waals surface area contributed by atoms with E-state index in [1.54, 1.807) is 11.8 Å². The average Bonchev–Trinajstić information content (AvgIpc) is 2.90. The molecular weight excluding hydrogens is 260 g/mol. The van der Waals surface area contributed by atoms with Gasteiger partial charge >= 0.3 is 0 Å². The maximum atomic E-state index is 5.92. The molecule has 102 valence electrons. The molecule has 19 heavy (non-hydrogen) atoms. The van der Waals surface area contributed by atoms with Crippen LogP contribution in [0.25, 0.3) is 0 Å². The van der Waals surface area contributed by atoms with Crippen molar-refractivity contribution in [2.75, 3.05) is 6.61 Å². The van der Waals surface area contributed by atoms with Gasteiger partial charge in [0.25, 0.3) is 0 Å². The summed E-state index contributed by atoms with van der Waals surface area (Å²) in [5, 5.41) is 7.46. The zero-order valence-corrected chi connectivity index (χ0v) is 11.9. The van der Waals surface area contributed by atoms with E-state index in [9.17, 15) is 0 Å². The topological polar surface area (TPSA) is 76.8 Å². The van der Waals surface area contributed by atoms with Crippen LogP contribution in [0.1, 0.15) is 31.0 Å². The minimum Gasteiger partial charge on any atom is -0.494 e. The normalized spacial score (nSPS) is 12.4. The predicted molar refractivity (Wildman–Crippen MR) is 76.2 cm³/mol. The zero-order chi connectivity index (χ0) is 13.7. The molecule has 0 bridgehead atoms. The Balaban J connectivity index is 2.16. The predicted octanol–water partition coefficient (Wildman–Crippen LogP) is 2.52. The fraction of sp³-hybridized carbons (Fsp3) is 0.385. The molecule has 5 nitrogen and oxygen atoms in total. The highest BCUT2D eigenvalue weighted by Gasteiger charge is 2.09. The van der Waals surface area contributed by atoms with Crippen molar-refractivity contribution in [3.05, 3.63) is 35.7 Å². The second-order valence-corrected chi connectivity index (χ2v) is 5.13. The Kier molecular flexibility index (Phi) is 4.81. The van der Waals surface area contributed by atoms with Crippen LogP contribution in [0, 0.1) is 0 Å². The van der Waals surface area contributed by atoms with Gasteiger partial charge in [-0.15, -0.1) is 0 Å². The monoisotopic (exact) mass is 278 g/mol. The number of nitrogens with one attached hydrogen (secondary N) is 1. The van der Waals surface area contributed by atoms with E-state index >= 15 is 0 Å². The van der Waals surface area contributed by atoms with E-state index < -0.39 is 0 Å². The molecule has 1 heterocycles. The van der Waals surface area contributed by atoms with Crippen LogP contribution in [0.5, 0.6) is 5.75 Å². The highest BCUT2D eigenvalue weighted by Crippen LogP contribution is 2.28. The number of hydrogen-bond acceptors (Lipinski definition) is 5. The number of ether oxygens (including phenoxy) is 1. The summed E-state index contributed by atoms with van der Waals surface area (Å²) in [6.45, 7) is 4.60. The molecule has 1 aromatic carbocycles. The third-order valence-electron chi connectivity index (χ3n) is 2.67. The first kappa shape index (κ1) is 13.9. The lowest BCUT2D eigenvalue weighted by Crippen LogP contribution is -2.06. The van der Waals surface area contributed by atoms with Crippen molar-refractivity contribution in [3.8, 4) is 5.75 Å². The van der Waals surface area contributed by atoms with Gasteiger partial charge in [-0.2, -0.15) is 5.10 Å². The summed E-state index contributed by atoms with van der Waals surface area (Å²) in [4.78, 5) is 4.10. The van der Waals surface area contributed by atoms with Gasteiger partial charge in [0, 0.05) is 17.4 Å². The molecule has 2 aromatic rings. The molecule has 1 unspecified atom stereocenters. The minimum absolute atomic E-state index is 0.0182. The SMILES string of the molecule is CCOc1ccc(C(C)N)cc1CSc1ncn[nH]1. The van der Waals surface area contributed by atoms with Crippen molar-refractivity contribution < 1.29 is 4.74 Å². The van der Waals surface area contributed by atoms with Crippen LogP contribution >= 0.6 is 11.8 Å². The van der Waals surface area contributed by atoms with Crippen LogP contribution < -0.4 is 10.5 Å². The Bertz CT molecular complexity index is 513. The standard InChI is InChI=1S/C13H18N4OS/c1-3-18-12-5-4-10(9(2)14)6-11(12)7-19-13-15-8-16-17-13/h4-6,8-9H,3,7,14H2,1-2H3,(H,15,16,17). The van der Waals surface area contributed by atoms with E-state index in [4.69, 9.17) is 10.5 Å². The number of rotatable bonds is 6. The summed E-state index contributed by atoms with van der Waals surface area (Å²) in [6, 6.07) is 6.11. The molecule has 0 spiro atoms.